The number of imide groups is 1. The topological polar surface area (TPSA) is 86.8 Å². The fourth-order valence-corrected chi connectivity index (χ4v) is 3.18. The summed E-state index contributed by atoms with van der Waals surface area (Å²) in [5.41, 5.74) is 1.17. The number of alkyl halides is 3. The maximum Gasteiger partial charge on any atom is 0.471 e. The molecule has 0 saturated heterocycles. The second kappa shape index (κ2) is 8.21. The fourth-order valence-electron chi connectivity index (χ4n) is 3.18. The molecule has 0 radical (unpaired) electrons. The van der Waals surface area contributed by atoms with E-state index in [4.69, 9.17) is 0 Å². The lowest BCUT2D eigenvalue weighted by atomic mass is 10.1. The molecule has 1 aliphatic rings. The molecular weight excluding hydrogens is 415 g/mol. The maximum absolute atomic E-state index is 12.7. The molecule has 1 N–H and O–H groups in total. The minimum Gasteiger partial charge on any atom is -0.331 e. The van der Waals surface area contributed by atoms with Crippen molar-refractivity contribution in [1.29, 1.82) is 0 Å². The first-order chi connectivity index (χ1) is 14.5. The molecule has 4 amide bonds. The standard InChI is InChI=1S/C21H18F3N3O4/c1-3-27(20(31)21(22,23)24)11-12-5-4-6-14(9-12)25-17(28)13-7-8-15-16(10-13)19(30)26(2)18(15)29/h4-10H,3,11H2,1-2H3,(H,25,28). The zero-order valence-corrected chi connectivity index (χ0v) is 16.6. The van der Waals surface area contributed by atoms with Crippen molar-refractivity contribution in [3.8, 4) is 0 Å². The molecule has 0 fully saturated rings. The molecule has 0 saturated carbocycles. The third kappa shape index (κ3) is 4.42. The van der Waals surface area contributed by atoms with Gasteiger partial charge in [-0.3, -0.25) is 24.1 Å². The number of carbonyl (C=O) groups excluding carboxylic acids is 4. The van der Waals surface area contributed by atoms with Crippen LogP contribution in [0.1, 0.15) is 43.6 Å². The first-order valence-electron chi connectivity index (χ1n) is 9.25. The average Bonchev–Trinajstić information content (AvgIpc) is 2.94. The van der Waals surface area contributed by atoms with Crippen LogP contribution in [0, 0.1) is 0 Å². The molecule has 2 aromatic carbocycles. The predicted octanol–water partition coefficient (Wildman–Crippen LogP) is 3.08. The number of anilines is 1. The van der Waals surface area contributed by atoms with Gasteiger partial charge in [0, 0.05) is 31.4 Å². The summed E-state index contributed by atoms with van der Waals surface area (Å²) in [6, 6.07) is 10.2. The van der Waals surface area contributed by atoms with Gasteiger partial charge in [-0.1, -0.05) is 12.1 Å². The smallest absolute Gasteiger partial charge is 0.331 e. The minimum atomic E-state index is -4.97. The molecule has 0 spiro atoms. The molecule has 31 heavy (non-hydrogen) atoms. The lowest BCUT2D eigenvalue weighted by Crippen LogP contribution is -2.40. The Kier molecular flexibility index (Phi) is 5.83. The van der Waals surface area contributed by atoms with Crippen LogP contribution in [0.4, 0.5) is 18.9 Å². The zero-order valence-electron chi connectivity index (χ0n) is 16.6. The second-order valence-corrected chi connectivity index (χ2v) is 6.90. The number of fused-ring (bicyclic) bond motifs is 1. The van der Waals surface area contributed by atoms with Gasteiger partial charge in [0.15, 0.2) is 0 Å². The van der Waals surface area contributed by atoms with Gasteiger partial charge in [-0.25, -0.2) is 0 Å². The summed E-state index contributed by atoms with van der Waals surface area (Å²) in [7, 11) is 1.35. The Morgan fingerprint density at radius 3 is 2.35 bits per heavy atom. The Hall–Kier alpha value is -3.69. The fraction of sp³-hybridized carbons (Fsp3) is 0.238. The van der Waals surface area contributed by atoms with Crippen molar-refractivity contribution in [2.75, 3.05) is 18.9 Å². The first kappa shape index (κ1) is 22.0. The van der Waals surface area contributed by atoms with E-state index in [1.165, 1.54) is 50.4 Å². The van der Waals surface area contributed by atoms with Crippen molar-refractivity contribution in [2.45, 2.75) is 19.6 Å². The Morgan fingerprint density at radius 2 is 1.71 bits per heavy atom. The first-order valence-corrected chi connectivity index (χ1v) is 9.25. The highest BCUT2D eigenvalue weighted by atomic mass is 19.4. The zero-order chi connectivity index (χ0) is 22.9. The van der Waals surface area contributed by atoms with E-state index in [-0.39, 0.29) is 29.8 Å². The normalized spacial score (nSPS) is 13.3. The van der Waals surface area contributed by atoms with Crippen LogP contribution in [0.5, 0.6) is 0 Å². The second-order valence-electron chi connectivity index (χ2n) is 6.90. The number of hydrogen-bond donors (Lipinski definition) is 1. The Bertz CT molecular complexity index is 1080. The van der Waals surface area contributed by atoms with Crippen LogP contribution in [-0.4, -0.2) is 53.2 Å². The SMILES string of the molecule is CCN(Cc1cccc(NC(=O)c2ccc3c(c2)C(=O)N(C)C3=O)c1)C(=O)C(F)(F)F. The van der Waals surface area contributed by atoms with Crippen molar-refractivity contribution in [2.24, 2.45) is 0 Å². The number of nitrogens with one attached hydrogen (secondary N) is 1. The third-order valence-electron chi connectivity index (χ3n) is 4.82. The highest BCUT2D eigenvalue weighted by Crippen LogP contribution is 2.24. The van der Waals surface area contributed by atoms with E-state index in [0.29, 0.717) is 16.2 Å². The van der Waals surface area contributed by atoms with Gasteiger partial charge in [0.05, 0.1) is 11.1 Å². The summed E-state index contributed by atoms with van der Waals surface area (Å²) < 4.78 is 38.1. The number of hydrogen-bond acceptors (Lipinski definition) is 4. The maximum atomic E-state index is 12.7. The van der Waals surface area contributed by atoms with Crippen LogP contribution >= 0.6 is 0 Å². The van der Waals surface area contributed by atoms with Crippen molar-refractivity contribution in [3.63, 3.8) is 0 Å². The number of nitrogens with zero attached hydrogens (tertiary/aromatic N) is 2. The van der Waals surface area contributed by atoms with Crippen LogP contribution in [0.25, 0.3) is 0 Å². The van der Waals surface area contributed by atoms with Gasteiger partial charge in [0.2, 0.25) is 0 Å². The van der Waals surface area contributed by atoms with Gasteiger partial charge in [0.1, 0.15) is 0 Å². The molecule has 10 heteroatoms. The van der Waals surface area contributed by atoms with E-state index < -0.39 is 29.8 Å². The van der Waals surface area contributed by atoms with Gasteiger partial charge in [0.25, 0.3) is 17.7 Å². The summed E-state index contributed by atoms with van der Waals surface area (Å²) >= 11 is 0. The van der Waals surface area contributed by atoms with E-state index in [0.717, 1.165) is 4.90 Å². The molecular formula is C21H18F3N3O4. The van der Waals surface area contributed by atoms with Crippen LogP contribution in [0.3, 0.4) is 0 Å². The third-order valence-corrected chi connectivity index (χ3v) is 4.82. The molecule has 3 rings (SSSR count). The minimum absolute atomic E-state index is 0.123. The van der Waals surface area contributed by atoms with Crippen molar-refractivity contribution >= 4 is 29.3 Å². The van der Waals surface area contributed by atoms with Gasteiger partial charge in [-0.15, -0.1) is 0 Å². The summed E-state index contributed by atoms with van der Waals surface area (Å²) in [6.07, 6.45) is -4.97. The number of carbonyl (C=O) groups is 4. The van der Waals surface area contributed by atoms with Crippen LogP contribution in [-0.2, 0) is 11.3 Å². The van der Waals surface area contributed by atoms with E-state index in [1.807, 2.05) is 0 Å². The molecule has 162 valence electrons. The van der Waals surface area contributed by atoms with Gasteiger partial charge in [-0.2, -0.15) is 13.2 Å². The molecule has 0 unspecified atom stereocenters. The van der Waals surface area contributed by atoms with Gasteiger partial charge in [-0.05, 0) is 42.8 Å². The van der Waals surface area contributed by atoms with E-state index in [9.17, 15) is 32.3 Å². The lowest BCUT2D eigenvalue weighted by Gasteiger charge is -2.22. The molecule has 7 nitrogen and oxygen atoms in total. The Balaban J connectivity index is 1.76. The summed E-state index contributed by atoms with van der Waals surface area (Å²) in [6.45, 7) is 1.03. The van der Waals surface area contributed by atoms with E-state index in [2.05, 4.69) is 5.32 Å². The Labute approximate surface area is 175 Å². The highest BCUT2D eigenvalue weighted by molar-refractivity contribution is 6.22. The number of rotatable bonds is 5. The van der Waals surface area contributed by atoms with Crippen molar-refractivity contribution in [1.82, 2.24) is 9.80 Å². The van der Waals surface area contributed by atoms with Crippen LogP contribution in [0.2, 0.25) is 0 Å². The summed E-state index contributed by atoms with van der Waals surface area (Å²) in [5, 5.41) is 2.60. The van der Waals surface area contributed by atoms with Crippen LogP contribution in [0.15, 0.2) is 42.5 Å². The predicted molar refractivity (Wildman–Crippen MR) is 104 cm³/mol. The van der Waals surface area contributed by atoms with E-state index in [1.54, 1.807) is 6.07 Å². The lowest BCUT2D eigenvalue weighted by molar-refractivity contribution is -0.185. The molecule has 0 atom stereocenters. The van der Waals surface area contributed by atoms with Gasteiger partial charge < -0.3 is 10.2 Å². The molecule has 1 aliphatic heterocycles. The average molecular weight is 433 g/mol. The molecule has 1 heterocycles. The number of halogens is 3. The van der Waals surface area contributed by atoms with Crippen LogP contribution < -0.4 is 5.32 Å². The van der Waals surface area contributed by atoms with Crippen molar-refractivity contribution in [3.05, 3.63) is 64.7 Å². The van der Waals surface area contributed by atoms with Gasteiger partial charge >= 0.3 is 12.1 Å². The monoisotopic (exact) mass is 433 g/mol. The largest absolute Gasteiger partial charge is 0.471 e. The molecule has 0 aromatic heterocycles. The quantitative estimate of drug-likeness (QED) is 0.735. The van der Waals surface area contributed by atoms with Crippen molar-refractivity contribution < 1.29 is 32.3 Å². The summed E-state index contributed by atoms with van der Waals surface area (Å²) in [5.74, 6) is -3.46. The highest BCUT2D eigenvalue weighted by Gasteiger charge is 2.42. The summed E-state index contributed by atoms with van der Waals surface area (Å²) in [4.78, 5) is 49.7. The molecule has 2 aromatic rings. The van der Waals surface area contributed by atoms with E-state index >= 15 is 0 Å². The Morgan fingerprint density at radius 1 is 1.03 bits per heavy atom. The number of amides is 4. The molecule has 0 aliphatic carbocycles. The number of benzene rings is 2. The molecule has 0 bridgehead atoms.